The molecular weight excluding hydrogens is 568 g/mol. The molecule has 0 aromatic rings. The third kappa shape index (κ3) is 31.5. The van der Waals surface area contributed by atoms with Gasteiger partial charge in [-0.05, 0) is 38.5 Å². The van der Waals surface area contributed by atoms with Gasteiger partial charge in [-0.1, -0.05) is 146 Å². The van der Waals surface area contributed by atoms with Crippen LogP contribution in [0.25, 0.3) is 0 Å². The largest absolute Gasteiger partial charge is 0.462 e. The minimum atomic E-state index is -0.883. The Balaban J connectivity index is 3.90. The topological polar surface area (TPSA) is 113 Å². The van der Waals surface area contributed by atoms with Crippen molar-refractivity contribution in [1.29, 1.82) is 0 Å². The first-order valence-electron chi connectivity index (χ1n) is 17.9. The quantitative estimate of drug-likeness (QED) is 0.0303. The molecule has 0 spiro atoms. The lowest BCUT2D eigenvalue weighted by atomic mass is 10.0. The molecule has 0 fully saturated rings. The first-order valence-corrected chi connectivity index (χ1v) is 17.9. The molecule has 0 unspecified atom stereocenters. The summed E-state index contributed by atoms with van der Waals surface area (Å²) in [7, 11) is 0. The minimum absolute atomic E-state index is 0.0950. The van der Waals surface area contributed by atoms with Gasteiger partial charge in [0.05, 0.1) is 18.8 Å². The van der Waals surface area contributed by atoms with Gasteiger partial charge in [0.2, 0.25) is 0 Å². The van der Waals surface area contributed by atoms with Crippen LogP contribution in [0, 0.1) is 0 Å². The Morgan fingerprint density at radius 3 is 1.76 bits per heavy atom. The zero-order chi connectivity index (χ0) is 33.2. The summed E-state index contributed by atoms with van der Waals surface area (Å²) in [5.41, 5.74) is 0. The molecule has 260 valence electrons. The number of rotatable bonds is 31. The highest BCUT2D eigenvalue weighted by atomic mass is 16.6. The van der Waals surface area contributed by atoms with Crippen molar-refractivity contribution in [3.8, 4) is 0 Å². The summed E-state index contributed by atoms with van der Waals surface area (Å²) in [6, 6.07) is 0. The van der Waals surface area contributed by atoms with Crippen molar-refractivity contribution in [1.82, 2.24) is 0 Å². The monoisotopic (exact) mass is 634 g/mol. The van der Waals surface area contributed by atoms with Crippen molar-refractivity contribution in [2.45, 2.75) is 167 Å². The molecule has 0 aliphatic heterocycles. The number of hydrogen-bond donors (Lipinski definition) is 3. The summed E-state index contributed by atoms with van der Waals surface area (Å²) in [5.74, 6) is -0.834. The molecule has 0 aromatic heterocycles. The zero-order valence-electron chi connectivity index (χ0n) is 28.6. The van der Waals surface area contributed by atoms with E-state index in [-0.39, 0.29) is 19.0 Å². The molecule has 0 saturated heterocycles. The van der Waals surface area contributed by atoms with Crippen LogP contribution in [0.15, 0.2) is 48.6 Å². The van der Waals surface area contributed by atoms with E-state index in [1.807, 2.05) is 6.08 Å². The lowest BCUT2D eigenvalue weighted by Gasteiger charge is -2.16. The molecule has 3 N–H and O–H groups in total. The lowest BCUT2D eigenvalue weighted by Crippen LogP contribution is -2.28. The Kier molecular flexibility index (Phi) is 31.5. The number of carbonyl (C=O) groups is 2. The highest BCUT2D eigenvalue weighted by Crippen LogP contribution is 2.13. The van der Waals surface area contributed by atoms with Crippen LogP contribution in [0.1, 0.15) is 149 Å². The summed E-state index contributed by atoms with van der Waals surface area (Å²) in [4.78, 5) is 24.2. The molecule has 0 amide bonds. The molecule has 3 atom stereocenters. The smallest absolute Gasteiger partial charge is 0.306 e. The summed E-state index contributed by atoms with van der Waals surface area (Å²) >= 11 is 0. The van der Waals surface area contributed by atoms with E-state index in [1.54, 1.807) is 36.5 Å². The van der Waals surface area contributed by atoms with E-state index < -0.39 is 30.9 Å². The van der Waals surface area contributed by atoms with E-state index in [0.717, 1.165) is 25.7 Å². The van der Waals surface area contributed by atoms with Crippen LogP contribution in [0.4, 0.5) is 0 Å². The van der Waals surface area contributed by atoms with E-state index in [2.05, 4.69) is 19.9 Å². The molecule has 0 saturated carbocycles. The average Bonchev–Trinajstić information content (AvgIpc) is 3.03. The summed E-state index contributed by atoms with van der Waals surface area (Å²) < 4.78 is 10.4. The van der Waals surface area contributed by atoms with Crippen LogP contribution >= 0.6 is 0 Å². The molecule has 0 aromatic carbocycles. The van der Waals surface area contributed by atoms with Crippen molar-refractivity contribution in [3.05, 3.63) is 48.6 Å². The van der Waals surface area contributed by atoms with Crippen molar-refractivity contribution in [2.75, 3.05) is 13.2 Å². The van der Waals surface area contributed by atoms with Crippen molar-refractivity contribution in [3.63, 3.8) is 0 Å². The van der Waals surface area contributed by atoms with Gasteiger partial charge in [-0.3, -0.25) is 9.59 Å². The molecule has 0 aliphatic rings. The summed E-state index contributed by atoms with van der Waals surface area (Å²) in [6.45, 7) is 3.85. The van der Waals surface area contributed by atoms with Gasteiger partial charge in [0.25, 0.3) is 0 Å². The van der Waals surface area contributed by atoms with E-state index in [9.17, 15) is 24.9 Å². The van der Waals surface area contributed by atoms with E-state index in [1.165, 1.54) is 77.0 Å². The van der Waals surface area contributed by atoms with Gasteiger partial charge in [-0.15, -0.1) is 0 Å². The maximum absolute atomic E-state index is 12.1. The van der Waals surface area contributed by atoms with E-state index in [0.29, 0.717) is 25.7 Å². The SMILES string of the molecule is CCCCC/C=C\C[C@H](O)/C=C/C=C/C=C\[C@H](O)CCCC(=O)O[C@@H](CO)COC(=O)CCCCCCCCCCCCCC. The first kappa shape index (κ1) is 42.8. The van der Waals surface area contributed by atoms with Gasteiger partial charge in [0.15, 0.2) is 6.10 Å². The van der Waals surface area contributed by atoms with E-state index >= 15 is 0 Å². The number of allylic oxidation sites excluding steroid dienone is 5. The highest BCUT2D eigenvalue weighted by molar-refractivity contribution is 5.70. The number of unbranched alkanes of at least 4 members (excludes halogenated alkanes) is 14. The standard InChI is InChI=1S/C38H66O7/c1-3-5-7-9-11-12-13-14-15-16-18-24-30-37(42)44-33-36(32-39)45-38(43)31-25-29-35(41)28-23-20-19-22-27-34(40)26-21-17-10-8-6-4-2/h17,19-23,27-28,34-36,39-41H,3-16,18,24-26,29-33H2,1-2H3/b20-19+,21-17-,27-22+,28-23-/t34-,35-,36-/m0/s1. The van der Waals surface area contributed by atoms with Gasteiger partial charge in [-0.2, -0.15) is 0 Å². The zero-order valence-corrected chi connectivity index (χ0v) is 28.6. The normalized spacial score (nSPS) is 14.2. The Hall–Kier alpha value is -2.22. The number of hydrogen-bond acceptors (Lipinski definition) is 7. The summed E-state index contributed by atoms with van der Waals surface area (Å²) in [6.07, 6.45) is 33.7. The molecule has 0 bridgehead atoms. The Morgan fingerprint density at radius 2 is 1.16 bits per heavy atom. The van der Waals surface area contributed by atoms with Crippen LogP contribution in [-0.4, -0.2) is 58.8 Å². The van der Waals surface area contributed by atoms with Crippen LogP contribution < -0.4 is 0 Å². The minimum Gasteiger partial charge on any atom is -0.462 e. The number of carbonyl (C=O) groups excluding carboxylic acids is 2. The van der Waals surface area contributed by atoms with Gasteiger partial charge < -0.3 is 24.8 Å². The van der Waals surface area contributed by atoms with Crippen molar-refractivity contribution < 1.29 is 34.4 Å². The third-order valence-corrected chi connectivity index (χ3v) is 7.57. The molecule has 7 heteroatoms. The Labute approximate surface area is 274 Å². The number of aliphatic hydroxyl groups is 3. The second-order valence-corrected chi connectivity index (χ2v) is 12.0. The number of aliphatic hydroxyl groups excluding tert-OH is 3. The van der Waals surface area contributed by atoms with Crippen LogP contribution in [0.2, 0.25) is 0 Å². The second kappa shape index (κ2) is 33.2. The molecule has 0 aliphatic carbocycles. The fourth-order valence-electron chi connectivity index (χ4n) is 4.75. The van der Waals surface area contributed by atoms with Gasteiger partial charge in [0, 0.05) is 12.8 Å². The predicted octanol–water partition coefficient (Wildman–Crippen LogP) is 8.61. The Morgan fingerprint density at radius 1 is 0.622 bits per heavy atom. The molecule has 0 rings (SSSR count). The molecule has 7 nitrogen and oxygen atoms in total. The maximum Gasteiger partial charge on any atom is 0.306 e. The predicted molar refractivity (Wildman–Crippen MR) is 185 cm³/mol. The number of esters is 2. The molecular formula is C38H66O7. The van der Waals surface area contributed by atoms with Crippen molar-refractivity contribution in [2.24, 2.45) is 0 Å². The Bertz CT molecular complexity index is 802. The van der Waals surface area contributed by atoms with Crippen molar-refractivity contribution >= 4 is 11.9 Å². The van der Waals surface area contributed by atoms with Gasteiger partial charge >= 0.3 is 11.9 Å². The average molecular weight is 635 g/mol. The second-order valence-electron chi connectivity index (χ2n) is 12.0. The van der Waals surface area contributed by atoms with Crippen LogP contribution in [0.5, 0.6) is 0 Å². The molecule has 0 radical (unpaired) electrons. The molecule has 45 heavy (non-hydrogen) atoms. The highest BCUT2D eigenvalue weighted by Gasteiger charge is 2.16. The van der Waals surface area contributed by atoms with Crippen LogP contribution in [0.3, 0.4) is 0 Å². The first-order chi connectivity index (χ1) is 21.9. The third-order valence-electron chi connectivity index (χ3n) is 7.57. The van der Waals surface area contributed by atoms with E-state index in [4.69, 9.17) is 9.47 Å². The summed E-state index contributed by atoms with van der Waals surface area (Å²) in [5, 5.41) is 29.6. The fourth-order valence-corrected chi connectivity index (χ4v) is 4.75. The van der Waals surface area contributed by atoms with Crippen LogP contribution in [-0.2, 0) is 19.1 Å². The van der Waals surface area contributed by atoms with Gasteiger partial charge in [-0.25, -0.2) is 0 Å². The maximum atomic E-state index is 12.1. The molecule has 0 heterocycles. The fraction of sp³-hybridized carbons (Fsp3) is 0.737. The van der Waals surface area contributed by atoms with Gasteiger partial charge in [0.1, 0.15) is 6.61 Å². The lowest BCUT2D eigenvalue weighted by molar-refractivity contribution is -0.161. The number of ether oxygens (including phenoxy) is 2.